The molecule has 29 heavy (non-hydrogen) atoms. The van der Waals surface area contributed by atoms with Gasteiger partial charge in [-0.3, -0.25) is 14.4 Å². The third kappa shape index (κ3) is 4.62. The third-order valence-electron chi connectivity index (χ3n) is 5.22. The van der Waals surface area contributed by atoms with Gasteiger partial charge < -0.3 is 20.1 Å². The Bertz CT molecular complexity index is 945. The number of carbonyl (C=O) groups is 3. The standard InChI is InChI=1S/C21H25ClN4O3/c1-13-19(15(3)27)14(2)24-20(13)21(29)23-12-18(28)26-9-7-25(8-10-26)17-6-4-5-16(22)11-17/h4-6,11,24H,7-10,12H2,1-3H3,(H,23,29). The first-order valence-electron chi connectivity index (χ1n) is 9.54. The number of amides is 2. The maximum Gasteiger partial charge on any atom is 0.268 e. The topological polar surface area (TPSA) is 85.5 Å². The van der Waals surface area contributed by atoms with E-state index in [1.165, 1.54) is 6.92 Å². The van der Waals surface area contributed by atoms with Gasteiger partial charge in [-0.2, -0.15) is 0 Å². The Hall–Kier alpha value is -2.80. The minimum absolute atomic E-state index is 0.0804. The summed E-state index contributed by atoms with van der Waals surface area (Å²) in [5.74, 6) is -0.607. The van der Waals surface area contributed by atoms with E-state index in [4.69, 9.17) is 11.6 Å². The second-order valence-electron chi connectivity index (χ2n) is 7.21. The van der Waals surface area contributed by atoms with Crippen molar-refractivity contribution in [1.29, 1.82) is 0 Å². The van der Waals surface area contributed by atoms with Crippen molar-refractivity contribution in [3.05, 3.63) is 51.8 Å². The molecule has 3 rings (SSSR count). The Morgan fingerprint density at radius 2 is 1.83 bits per heavy atom. The number of nitrogens with zero attached hydrogens (tertiary/aromatic N) is 2. The zero-order chi connectivity index (χ0) is 21.1. The van der Waals surface area contributed by atoms with Gasteiger partial charge in [0.1, 0.15) is 5.69 Å². The van der Waals surface area contributed by atoms with E-state index in [0.29, 0.717) is 53.7 Å². The first kappa shape index (κ1) is 20.9. The number of anilines is 1. The maximum absolute atomic E-state index is 12.5. The molecule has 7 nitrogen and oxygen atoms in total. The predicted molar refractivity (Wildman–Crippen MR) is 113 cm³/mol. The molecule has 0 radical (unpaired) electrons. The quantitative estimate of drug-likeness (QED) is 0.733. The summed E-state index contributed by atoms with van der Waals surface area (Å²) in [4.78, 5) is 43.6. The van der Waals surface area contributed by atoms with E-state index < -0.39 is 0 Å². The second kappa shape index (κ2) is 8.69. The molecule has 8 heteroatoms. The summed E-state index contributed by atoms with van der Waals surface area (Å²) in [6, 6.07) is 7.65. The molecule has 0 bridgehead atoms. The molecule has 2 heterocycles. The molecule has 1 aromatic carbocycles. The van der Waals surface area contributed by atoms with Crippen LogP contribution in [-0.4, -0.2) is 60.2 Å². The lowest BCUT2D eigenvalue weighted by Gasteiger charge is -2.36. The number of Topliss-reactive ketones (excluding diaryl/α,β-unsaturated/α-hetero) is 1. The number of aromatic amines is 1. The van der Waals surface area contributed by atoms with Crippen LogP contribution < -0.4 is 10.2 Å². The van der Waals surface area contributed by atoms with Crippen molar-refractivity contribution in [2.45, 2.75) is 20.8 Å². The van der Waals surface area contributed by atoms with Crippen LogP contribution in [0.3, 0.4) is 0 Å². The third-order valence-corrected chi connectivity index (χ3v) is 5.46. The summed E-state index contributed by atoms with van der Waals surface area (Å²) in [5, 5.41) is 3.35. The molecule has 1 saturated heterocycles. The zero-order valence-corrected chi connectivity index (χ0v) is 17.6. The monoisotopic (exact) mass is 416 g/mol. The number of rotatable bonds is 5. The average Bonchev–Trinajstić information content (AvgIpc) is 3.00. The number of benzene rings is 1. The van der Waals surface area contributed by atoms with E-state index in [9.17, 15) is 14.4 Å². The number of hydrogen-bond acceptors (Lipinski definition) is 4. The van der Waals surface area contributed by atoms with E-state index in [0.717, 1.165) is 5.69 Å². The normalized spacial score (nSPS) is 14.1. The predicted octanol–water partition coefficient (Wildman–Crippen LogP) is 2.57. The van der Waals surface area contributed by atoms with Gasteiger partial charge in [-0.05, 0) is 44.5 Å². The van der Waals surface area contributed by atoms with Gasteiger partial charge in [-0.15, -0.1) is 0 Å². The summed E-state index contributed by atoms with van der Waals surface area (Å²) >= 11 is 6.05. The largest absolute Gasteiger partial charge is 0.368 e. The second-order valence-corrected chi connectivity index (χ2v) is 7.65. The number of H-pyrrole nitrogens is 1. The van der Waals surface area contributed by atoms with E-state index in [-0.39, 0.29) is 24.1 Å². The van der Waals surface area contributed by atoms with Gasteiger partial charge in [0.2, 0.25) is 5.91 Å². The fourth-order valence-electron chi connectivity index (χ4n) is 3.75. The van der Waals surface area contributed by atoms with Crippen molar-refractivity contribution in [3.8, 4) is 0 Å². The van der Waals surface area contributed by atoms with Gasteiger partial charge in [0, 0.05) is 48.1 Å². The Labute approximate surface area is 175 Å². The molecule has 0 saturated carbocycles. The molecular formula is C21H25ClN4O3. The van der Waals surface area contributed by atoms with Crippen LogP contribution in [0.15, 0.2) is 24.3 Å². The van der Waals surface area contributed by atoms with E-state index in [1.54, 1.807) is 18.7 Å². The molecule has 0 atom stereocenters. The van der Waals surface area contributed by atoms with Gasteiger partial charge >= 0.3 is 0 Å². The number of hydrogen-bond donors (Lipinski definition) is 2. The molecule has 2 N–H and O–H groups in total. The number of aromatic nitrogens is 1. The van der Waals surface area contributed by atoms with Gasteiger partial charge in [0.15, 0.2) is 5.78 Å². The number of aryl methyl sites for hydroxylation is 1. The number of carbonyl (C=O) groups excluding carboxylic acids is 3. The minimum atomic E-state index is -0.385. The molecule has 2 amide bonds. The van der Waals surface area contributed by atoms with Gasteiger partial charge in [0.05, 0.1) is 6.54 Å². The Morgan fingerprint density at radius 3 is 2.41 bits per heavy atom. The van der Waals surface area contributed by atoms with Gasteiger partial charge in [-0.1, -0.05) is 17.7 Å². The molecule has 0 aliphatic carbocycles. The van der Waals surface area contributed by atoms with Crippen molar-refractivity contribution in [2.24, 2.45) is 0 Å². The fourth-order valence-corrected chi connectivity index (χ4v) is 3.93. The van der Waals surface area contributed by atoms with Gasteiger partial charge in [0.25, 0.3) is 5.91 Å². The Morgan fingerprint density at radius 1 is 1.14 bits per heavy atom. The molecule has 2 aromatic rings. The van der Waals surface area contributed by atoms with E-state index >= 15 is 0 Å². The number of ketones is 1. The fraction of sp³-hybridized carbons (Fsp3) is 0.381. The van der Waals surface area contributed by atoms with Crippen molar-refractivity contribution in [1.82, 2.24) is 15.2 Å². The number of nitrogens with one attached hydrogen (secondary N) is 2. The van der Waals surface area contributed by atoms with Crippen LogP contribution >= 0.6 is 11.6 Å². The summed E-state index contributed by atoms with van der Waals surface area (Å²) in [7, 11) is 0. The van der Waals surface area contributed by atoms with Crippen LogP contribution in [0.1, 0.15) is 39.0 Å². The van der Waals surface area contributed by atoms with Crippen LogP contribution in [0.2, 0.25) is 5.02 Å². The lowest BCUT2D eigenvalue weighted by Crippen LogP contribution is -2.51. The van der Waals surface area contributed by atoms with Crippen LogP contribution in [-0.2, 0) is 4.79 Å². The highest BCUT2D eigenvalue weighted by Crippen LogP contribution is 2.21. The summed E-state index contributed by atoms with van der Waals surface area (Å²) in [5.41, 5.74) is 3.15. The molecule has 0 unspecified atom stereocenters. The average molecular weight is 417 g/mol. The Kier molecular flexibility index (Phi) is 6.27. The Balaban J connectivity index is 1.53. The van der Waals surface area contributed by atoms with Crippen LogP contribution in [0.25, 0.3) is 0 Å². The van der Waals surface area contributed by atoms with Crippen LogP contribution in [0, 0.1) is 13.8 Å². The molecule has 1 aliphatic rings. The molecule has 154 valence electrons. The lowest BCUT2D eigenvalue weighted by atomic mass is 10.1. The highest BCUT2D eigenvalue weighted by atomic mass is 35.5. The molecule has 0 spiro atoms. The highest BCUT2D eigenvalue weighted by molar-refractivity contribution is 6.30. The first-order valence-corrected chi connectivity index (χ1v) is 9.92. The summed E-state index contributed by atoms with van der Waals surface area (Å²) in [6.07, 6.45) is 0. The minimum Gasteiger partial charge on any atom is -0.368 e. The summed E-state index contributed by atoms with van der Waals surface area (Å²) in [6.45, 7) is 7.44. The lowest BCUT2D eigenvalue weighted by molar-refractivity contribution is -0.130. The van der Waals surface area contributed by atoms with Crippen molar-refractivity contribution < 1.29 is 14.4 Å². The molecule has 1 fully saturated rings. The molecule has 1 aromatic heterocycles. The van der Waals surface area contributed by atoms with Crippen LogP contribution in [0.5, 0.6) is 0 Å². The highest BCUT2D eigenvalue weighted by Gasteiger charge is 2.23. The zero-order valence-electron chi connectivity index (χ0n) is 16.8. The van der Waals surface area contributed by atoms with Crippen molar-refractivity contribution in [3.63, 3.8) is 0 Å². The van der Waals surface area contributed by atoms with E-state index in [1.807, 2.05) is 24.3 Å². The van der Waals surface area contributed by atoms with Crippen molar-refractivity contribution >= 4 is 34.9 Å². The van der Waals surface area contributed by atoms with Crippen LogP contribution in [0.4, 0.5) is 5.69 Å². The number of halogens is 1. The number of piperazine rings is 1. The maximum atomic E-state index is 12.5. The summed E-state index contributed by atoms with van der Waals surface area (Å²) < 4.78 is 0. The van der Waals surface area contributed by atoms with Gasteiger partial charge in [-0.25, -0.2) is 0 Å². The molecule has 1 aliphatic heterocycles. The van der Waals surface area contributed by atoms with E-state index in [2.05, 4.69) is 15.2 Å². The smallest absolute Gasteiger partial charge is 0.268 e. The SMILES string of the molecule is CC(=O)c1c(C)[nH]c(C(=O)NCC(=O)N2CCN(c3cccc(Cl)c3)CC2)c1C. The van der Waals surface area contributed by atoms with Crippen molar-refractivity contribution in [2.75, 3.05) is 37.6 Å². The first-order chi connectivity index (χ1) is 13.8. The molecular weight excluding hydrogens is 392 g/mol.